The van der Waals surface area contributed by atoms with Crippen molar-refractivity contribution in [3.63, 3.8) is 0 Å². The summed E-state index contributed by atoms with van der Waals surface area (Å²) in [7, 11) is 0. The molecule has 1 heterocycles. The number of rotatable bonds is 0. The second kappa shape index (κ2) is 4.28. The molecule has 2 rings (SSSR count). The number of ether oxygens (including phenoxy) is 1. The number of hydrogen-bond acceptors (Lipinski definition) is 2. The topological polar surface area (TPSA) is 21.6 Å². The lowest BCUT2D eigenvalue weighted by Gasteiger charge is -2.06. The molecule has 1 aliphatic heterocycles. The summed E-state index contributed by atoms with van der Waals surface area (Å²) in [5.74, 6) is 0.936. The fourth-order valence-electron chi connectivity index (χ4n) is 1.18. The Balaban J connectivity index is 0.000000845. The summed E-state index contributed by atoms with van der Waals surface area (Å²) in [4.78, 5) is 4.31. The van der Waals surface area contributed by atoms with Crippen LogP contribution in [0.25, 0.3) is 0 Å². The molecule has 0 aliphatic carbocycles. The summed E-state index contributed by atoms with van der Waals surface area (Å²) >= 11 is 0. The zero-order valence-corrected chi connectivity index (χ0v) is 8.25. The Morgan fingerprint density at radius 3 is 3.00 bits per heavy atom. The quantitative estimate of drug-likeness (QED) is 0.626. The van der Waals surface area contributed by atoms with Gasteiger partial charge in [0.1, 0.15) is 12.4 Å². The van der Waals surface area contributed by atoms with Gasteiger partial charge in [-0.25, -0.2) is 0 Å². The van der Waals surface area contributed by atoms with Crippen LogP contribution in [-0.2, 0) is 0 Å². The van der Waals surface area contributed by atoms with Gasteiger partial charge in [0.25, 0.3) is 0 Å². The number of halogens is 1. The first-order valence-electron chi connectivity index (χ1n) is 4.11. The van der Waals surface area contributed by atoms with Gasteiger partial charge in [-0.2, -0.15) is 0 Å². The lowest BCUT2D eigenvalue weighted by molar-refractivity contribution is 0.300. The first-order valence-corrected chi connectivity index (χ1v) is 4.11. The molecule has 1 atom stereocenters. The van der Waals surface area contributed by atoms with Crippen LogP contribution in [0.2, 0.25) is 0 Å². The van der Waals surface area contributed by atoms with E-state index >= 15 is 0 Å². The molecule has 3 heteroatoms. The van der Waals surface area contributed by atoms with Crippen molar-refractivity contribution in [1.29, 1.82) is 0 Å². The molecule has 0 spiro atoms. The van der Waals surface area contributed by atoms with E-state index in [-0.39, 0.29) is 18.4 Å². The SMILES string of the molecule is CC1COc2ccccc2C=N1.Cl. The van der Waals surface area contributed by atoms with Gasteiger partial charge in [-0.3, -0.25) is 4.99 Å². The Kier molecular flexibility index (Phi) is 3.32. The van der Waals surface area contributed by atoms with E-state index in [1.54, 1.807) is 0 Å². The standard InChI is InChI=1S/C10H11NO.ClH/c1-8-7-12-10-5-3-2-4-9(10)6-11-8;/h2-6,8H,7H2,1H3;1H. The number of fused-ring (bicyclic) bond motifs is 1. The fraction of sp³-hybridized carbons (Fsp3) is 0.300. The molecule has 0 amide bonds. The van der Waals surface area contributed by atoms with Gasteiger partial charge in [0, 0.05) is 11.8 Å². The highest BCUT2D eigenvalue weighted by molar-refractivity contribution is 5.85. The smallest absolute Gasteiger partial charge is 0.128 e. The van der Waals surface area contributed by atoms with Crippen molar-refractivity contribution < 1.29 is 4.74 Å². The van der Waals surface area contributed by atoms with Crippen LogP contribution in [0.1, 0.15) is 12.5 Å². The van der Waals surface area contributed by atoms with Crippen molar-refractivity contribution in [3.05, 3.63) is 29.8 Å². The van der Waals surface area contributed by atoms with E-state index in [0.717, 1.165) is 11.3 Å². The van der Waals surface area contributed by atoms with E-state index in [1.807, 2.05) is 37.4 Å². The van der Waals surface area contributed by atoms with Crippen molar-refractivity contribution >= 4 is 18.6 Å². The highest BCUT2D eigenvalue weighted by Gasteiger charge is 2.07. The summed E-state index contributed by atoms with van der Waals surface area (Å²) in [6.45, 7) is 2.72. The van der Waals surface area contributed by atoms with Gasteiger partial charge in [0.2, 0.25) is 0 Å². The monoisotopic (exact) mass is 197 g/mol. The number of aliphatic imine (C=N–C) groups is 1. The minimum Gasteiger partial charge on any atom is -0.491 e. The number of hydrogen-bond donors (Lipinski definition) is 0. The minimum atomic E-state index is 0. The van der Waals surface area contributed by atoms with Crippen molar-refractivity contribution in [1.82, 2.24) is 0 Å². The highest BCUT2D eigenvalue weighted by Crippen LogP contribution is 2.18. The molecule has 1 aliphatic rings. The maximum Gasteiger partial charge on any atom is 0.128 e. The van der Waals surface area contributed by atoms with E-state index in [0.29, 0.717) is 6.61 Å². The number of nitrogens with zero attached hydrogens (tertiary/aromatic N) is 1. The van der Waals surface area contributed by atoms with Crippen molar-refractivity contribution in [3.8, 4) is 5.75 Å². The van der Waals surface area contributed by atoms with Gasteiger partial charge in [0.05, 0.1) is 6.04 Å². The van der Waals surface area contributed by atoms with Crippen molar-refractivity contribution in [2.45, 2.75) is 13.0 Å². The molecule has 0 N–H and O–H groups in total. The average Bonchev–Trinajstić information content (AvgIpc) is 2.29. The normalized spacial score (nSPS) is 19.3. The molecule has 1 unspecified atom stereocenters. The molecule has 0 radical (unpaired) electrons. The second-order valence-electron chi connectivity index (χ2n) is 2.98. The molecular weight excluding hydrogens is 186 g/mol. The van der Waals surface area contributed by atoms with Gasteiger partial charge < -0.3 is 4.74 Å². The third-order valence-electron chi connectivity index (χ3n) is 1.87. The van der Waals surface area contributed by atoms with Crippen LogP contribution >= 0.6 is 12.4 Å². The lowest BCUT2D eigenvalue weighted by atomic mass is 10.2. The molecule has 0 fully saturated rings. The van der Waals surface area contributed by atoms with E-state index in [9.17, 15) is 0 Å². The minimum absolute atomic E-state index is 0. The summed E-state index contributed by atoms with van der Waals surface area (Å²) in [5, 5.41) is 0. The predicted molar refractivity (Wildman–Crippen MR) is 56.2 cm³/mol. The van der Waals surface area contributed by atoms with Gasteiger partial charge in [-0.15, -0.1) is 12.4 Å². The van der Waals surface area contributed by atoms with E-state index < -0.39 is 0 Å². The third kappa shape index (κ3) is 2.22. The molecule has 1 aromatic rings. The molecule has 0 bridgehead atoms. The van der Waals surface area contributed by atoms with Crippen LogP contribution in [0.5, 0.6) is 5.75 Å². The molecule has 0 saturated carbocycles. The zero-order chi connectivity index (χ0) is 8.39. The van der Waals surface area contributed by atoms with Crippen LogP contribution in [0, 0.1) is 0 Å². The first kappa shape index (κ1) is 10.1. The molecule has 0 aromatic heterocycles. The highest BCUT2D eigenvalue weighted by atomic mass is 35.5. The summed E-state index contributed by atoms with van der Waals surface area (Å²) in [5.41, 5.74) is 1.07. The predicted octanol–water partition coefficient (Wildman–Crippen LogP) is 2.31. The van der Waals surface area contributed by atoms with Crippen LogP contribution in [0.4, 0.5) is 0 Å². The third-order valence-corrected chi connectivity index (χ3v) is 1.87. The Labute approximate surface area is 84.0 Å². The van der Waals surface area contributed by atoms with Gasteiger partial charge >= 0.3 is 0 Å². The van der Waals surface area contributed by atoms with Crippen LogP contribution in [0.15, 0.2) is 29.3 Å². The van der Waals surface area contributed by atoms with Gasteiger partial charge in [0.15, 0.2) is 0 Å². The molecule has 0 saturated heterocycles. The Bertz CT molecular complexity index is 312. The van der Waals surface area contributed by atoms with Gasteiger partial charge in [-0.1, -0.05) is 12.1 Å². The van der Waals surface area contributed by atoms with E-state index in [4.69, 9.17) is 4.74 Å². The Morgan fingerprint density at radius 1 is 1.38 bits per heavy atom. The fourth-order valence-corrected chi connectivity index (χ4v) is 1.18. The molecule has 70 valence electrons. The number of benzene rings is 1. The maximum atomic E-state index is 5.54. The maximum absolute atomic E-state index is 5.54. The zero-order valence-electron chi connectivity index (χ0n) is 7.43. The van der Waals surface area contributed by atoms with E-state index in [2.05, 4.69) is 4.99 Å². The van der Waals surface area contributed by atoms with Crippen LogP contribution in [-0.4, -0.2) is 18.9 Å². The Hall–Kier alpha value is -1.02. The summed E-state index contributed by atoms with van der Waals surface area (Å²) < 4.78 is 5.54. The van der Waals surface area contributed by atoms with E-state index in [1.165, 1.54) is 0 Å². The van der Waals surface area contributed by atoms with Crippen molar-refractivity contribution in [2.75, 3.05) is 6.61 Å². The number of para-hydroxylation sites is 1. The second-order valence-corrected chi connectivity index (χ2v) is 2.98. The summed E-state index contributed by atoms with van der Waals surface area (Å²) in [6.07, 6.45) is 1.88. The molecule has 13 heavy (non-hydrogen) atoms. The largest absolute Gasteiger partial charge is 0.491 e. The molecule has 2 nitrogen and oxygen atoms in total. The van der Waals surface area contributed by atoms with Crippen molar-refractivity contribution in [2.24, 2.45) is 4.99 Å². The first-order chi connectivity index (χ1) is 5.86. The van der Waals surface area contributed by atoms with Gasteiger partial charge in [-0.05, 0) is 19.1 Å². The molecule has 1 aromatic carbocycles. The summed E-state index contributed by atoms with van der Waals surface area (Å²) in [6, 6.07) is 8.21. The molecular formula is C10H12ClNO. The lowest BCUT2D eigenvalue weighted by Crippen LogP contribution is -2.09. The van der Waals surface area contributed by atoms with Crippen LogP contribution in [0.3, 0.4) is 0 Å². The van der Waals surface area contributed by atoms with Crippen LogP contribution < -0.4 is 4.74 Å². The Morgan fingerprint density at radius 2 is 2.15 bits per heavy atom. The average molecular weight is 198 g/mol.